The normalized spacial score (nSPS) is 11.6. The number of nitro benzene ring substituents is 1. The molecule has 20 heavy (non-hydrogen) atoms. The smallest absolute Gasteiger partial charge is 0.353 e. The topological polar surface area (TPSA) is 72.2 Å². The molecule has 0 saturated carbocycles. The lowest BCUT2D eigenvalue weighted by molar-refractivity contribution is -0.385. The van der Waals surface area contributed by atoms with E-state index in [-0.39, 0.29) is 18.0 Å². The molecule has 1 rings (SSSR count). The van der Waals surface area contributed by atoms with Gasteiger partial charge in [-0.25, -0.2) is 0 Å². The van der Waals surface area contributed by atoms with E-state index in [4.69, 9.17) is 0 Å². The number of amides is 1. The van der Waals surface area contributed by atoms with Crippen molar-refractivity contribution in [1.29, 1.82) is 0 Å². The summed E-state index contributed by atoms with van der Waals surface area (Å²) in [7, 11) is 0. The lowest BCUT2D eigenvalue weighted by atomic mass is 10.1. The lowest BCUT2D eigenvalue weighted by Crippen LogP contribution is -2.19. The summed E-state index contributed by atoms with van der Waals surface area (Å²) in [5.74, 6) is -0.281. The van der Waals surface area contributed by atoms with E-state index in [1.54, 1.807) is 0 Å². The molecule has 1 N–H and O–H groups in total. The van der Waals surface area contributed by atoms with E-state index in [1.165, 1.54) is 19.1 Å². The van der Waals surface area contributed by atoms with Crippen molar-refractivity contribution >= 4 is 17.7 Å². The van der Waals surface area contributed by atoms with Crippen molar-refractivity contribution in [2.45, 2.75) is 13.1 Å². The molecule has 0 spiro atoms. The number of carbonyl (C=O) groups is 1. The predicted molar refractivity (Wildman–Crippen MR) is 65.8 cm³/mol. The summed E-state index contributed by atoms with van der Waals surface area (Å²) in [6.45, 7) is 1.43. The van der Waals surface area contributed by atoms with Crippen molar-refractivity contribution in [3.05, 3.63) is 45.5 Å². The van der Waals surface area contributed by atoms with Gasteiger partial charge >= 0.3 is 6.18 Å². The molecule has 0 aliphatic carbocycles. The van der Waals surface area contributed by atoms with Gasteiger partial charge in [0.1, 0.15) is 0 Å². The van der Waals surface area contributed by atoms with E-state index in [2.05, 4.69) is 5.32 Å². The highest BCUT2D eigenvalue weighted by atomic mass is 19.4. The maximum absolute atomic E-state index is 12.5. The maximum atomic E-state index is 12.5. The van der Waals surface area contributed by atoms with Gasteiger partial charge in [-0.3, -0.25) is 14.9 Å². The number of hydrogen-bond donors (Lipinski definition) is 1. The molecule has 0 aliphatic rings. The molecule has 0 atom stereocenters. The number of alkyl halides is 3. The van der Waals surface area contributed by atoms with Crippen molar-refractivity contribution in [3.8, 4) is 0 Å². The van der Waals surface area contributed by atoms with Crippen LogP contribution in [-0.2, 0) is 11.0 Å². The summed E-state index contributed by atoms with van der Waals surface area (Å²) in [4.78, 5) is 20.5. The van der Waals surface area contributed by atoms with E-state index < -0.39 is 22.4 Å². The van der Waals surface area contributed by atoms with Gasteiger partial charge in [0.25, 0.3) is 5.69 Å². The van der Waals surface area contributed by atoms with Crippen LogP contribution >= 0.6 is 0 Å². The third-order valence-corrected chi connectivity index (χ3v) is 2.32. The average molecular weight is 288 g/mol. The van der Waals surface area contributed by atoms with Gasteiger partial charge in [0, 0.05) is 19.5 Å². The van der Waals surface area contributed by atoms with Crippen LogP contribution in [-0.4, -0.2) is 17.4 Å². The molecule has 0 saturated heterocycles. The van der Waals surface area contributed by atoms with Crippen LogP contribution in [0.25, 0.3) is 6.08 Å². The second-order valence-corrected chi connectivity index (χ2v) is 3.87. The minimum atomic E-state index is -4.64. The zero-order chi connectivity index (χ0) is 15.3. The number of carbonyl (C=O) groups excluding carboxylic acids is 1. The quantitative estimate of drug-likeness (QED) is 0.684. The molecule has 1 amide bonds. The first-order valence-corrected chi connectivity index (χ1v) is 5.48. The molecule has 5 nitrogen and oxygen atoms in total. The molecule has 0 aliphatic heterocycles. The van der Waals surface area contributed by atoms with Crippen molar-refractivity contribution in [2.75, 3.05) is 6.54 Å². The number of benzene rings is 1. The Kier molecular flexibility index (Phi) is 4.84. The molecule has 0 heterocycles. The third-order valence-electron chi connectivity index (χ3n) is 2.32. The van der Waals surface area contributed by atoms with Gasteiger partial charge in [0.15, 0.2) is 0 Å². The van der Waals surface area contributed by atoms with Gasteiger partial charge in [-0.05, 0) is 12.1 Å². The SMILES string of the molecule is CC(=O)NCC=Cc1ccc(C(F)(F)F)cc1[N+](=O)[O-]. The van der Waals surface area contributed by atoms with Gasteiger partial charge in [-0.15, -0.1) is 0 Å². The van der Waals surface area contributed by atoms with Crippen molar-refractivity contribution in [3.63, 3.8) is 0 Å². The van der Waals surface area contributed by atoms with Crippen LogP contribution in [0.1, 0.15) is 18.1 Å². The predicted octanol–water partition coefficient (Wildman–Crippen LogP) is 2.76. The fraction of sp³-hybridized carbons (Fsp3) is 0.250. The van der Waals surface area contributed by atoms with Crippen LogP contribution in [0.2, 0.25) is 0 Å². The van der Waals surface area contributed by atoms with Crippen LogP contribution in [0.15, 0.2) is 24.3 Å². The highest BCUT2D eigenvalue weighted by Gasteiger charge is 2.32. The molecular formula is C12H11F3N2O3. The third kappa shape index (κ3) is 4.38. The first-order chi connectivity index (χ1) is 9.21. The summed E-state index contributed by atoms with van der Waals surface area (Å²) >= 11 is 0. The van der Waals surface area contributed by atoms with Gasteiger partial charge in [-0.2, -0.15) is 13.2 Å². The standard InChI is InChI=1S/C12H11F3N2O3/c1-8(18)16-6-2-3-9-4-5-10(12(13,14)15)7-11(9)17(19)20/h2-5,7H,6H2,1H3,(H,16,18). The summed E-state index contributed by atoms with van der Waals surface area (Å²) in [6, 6.07) is 2.27. The summed E-state index contributed by atoms with van der Waals surface area (Å²) < 4.78 is 37.4. The van der Waals surface area contributed by atoms with Crippen LogP contribution in [0, 0.1) is 10.1 Å². The Morgan fingerprint density at radius 3 is 2.60 bits per heavy atom. The Labute approximate surface area is 112 Å². The van der Waals surface area contributed by atoms with E-state index in [0.29, 0.717) is 6.07 Å². The van der Waals surface area contributed by atoms with E-state index >= 15 is 0 Å². The second kappa shape index (κ2) is 6.18. The molecule has 0 aromatic heterocycles. The molecule has 1 aromatic carbocycles. The Morgan fingerprint density at radius 1 is 1.45 bits per heavy atom. The molecular weight excluding hydrogens is 277 g/mol. The van der Waals surface area contributed by atoms with E-state index in [0.717, 1.165) is 12.1 Å². The second-order valence-electron chi connectivity index (χ2n) is 3.87. The summed E-state index contributed by atoms with van der Waals surface area (Å²) in [6.07, 6.45) is -1.94. The number of nitro groups is 1. The van der Waals surface area contributed by atoms with Crippen molar-refractivity contribution < 1.29 is 22.9 Å². The fourth-order valence-corrected chi connectivity index (χ4v) is 1.41. The van der Waals surface area contributed by atoms with Gasteiger partial charge in [0.05, 0.1) is 16.1 Å². The zero-order valence-corrected chi connectivity index (χ0v) is 10.4. The molecule has 0 radical (unpaired) electrons. The van der Waals surface area contributed by atoms with Crippen LogP contribution in [0.5, 0.6) is 0 Å². The largest absolute Gasteiger partial charge is 0.416 e. The molecule has 1 aromatic rings. The number of halogens is 3. The number of rotatable bonds is 4. The minimum Gasteiger partial charge on any atom is -0.353 e. The molecule has 108 valence electrons. The minimum absolute atomic E-state index is 0.0355. The van der Waals surface area contributed by atoms with Crippen LogP contribution in [0.3, 0.4) is 0 Å². The van der Waals surface area contributed by atoms with Gasteiger partial charge < -0.3 is 5.32 Å². The Bertz CT molecular complexity index is 553. The average Bonchev–Trinajstić information content (AvgIpc) is 2.33. The Hall–Kier alpha value is -2.38. The summed E-state index contributed by atoms with van der Waals surface area (Å²) in [5.41, 5.74) is -1.68. The zero-order valence-electron chi connectivity index (χ0n) is 10.4. The Balaban J connectivity index is 3.02. The first-order valence-electron chi connectivity index (χ1n) is 5.48. The lowest BCUT2D eigenvalue weighted by Gasteiger charge is -2.07. The van der Waals surface area contributed by atoms with Crippen molar-refractivity contribution in [1.82, 2.24) is 5.32 Å². The molecule has 0 bridgehead atoms. The highest BCUT2D eigenvalue weighted by molar-refractivity contribution is 5.73. The van der Waals surface area contributed by atoms with Gasteiger partial charge in [0.2, 0.25) is 5.91 Å². The van der Waals surface area contributed by atoms with Gasteiger partial charge in [-0.1, -0.05) is 12.2 Å². The van der Waals surface area contributed by atoms with Crippen molar-refractivity contribution in [2.24, 2.45) is 0 Å². The Morgan fingerprint density at radius 2 is 2.10 bits per heavy atom. The van der Waals surface area contributed by atoms with Crippen LogP contribution < -0.4 is 5.32 Å². The summed E-state index contributed by atoms with van der Waals surface area (Å²) in [5, 5.41) is 13.2. The number of nitrogens with one attached hydrogen (secondary N) is 1. The fourth-order valence-electron chi connectivity index (χ4n) is 1.41. The van der Waals surface area contributed by atoms with Crippen LogP contribution in [0.4, 0.5) is 18.9 Å². The van der Waals surface area contributed by atoms with E-state index in [1.807, 2.05) is 0 Å². The number of hydrogen-bond acceptors (Lipinski definition) is 3. The monoisotopic (exact) mass is 288 g/mol. The maximum Gasteiger partial charge on any atom is 0.416 e. The van der Waals surface area contributed by atoms with E-state index in [9.17, 15) is 28.1 Å². The molecule has 0 fully saturated rings. The molecule has 0 unspecified atom stereocenters. The number of nitrogens with zero attached hydrogens (tertiary/aromatic N) is 1. The highest BCUT2D eigenvalue weighted by Crippen LogP contribution is 2.33. The first kappa shape index (κ1) is 15.7. The molecule has 8 heteroatoms.